The summed E-state index contributed by atoms with van der Waals surface area (Å²) in [5, 5.41) is 0. The van der Waals surface area contributed by atoms with E-state index in [2.05, 4.69) is 19.5 Å². The van der Waals surface area contributed by atoms with E-state index in [0.717, 1.165) is 30.9 Å². The number of rotatable bonds is 6. The molecule has 0 N–H and O–H groups in total. The number of fused-ring (bicyclic) bond motifs is 1. The molecule has 0 aliphatic heterocycles. The summed E-state index contributed by atoms with van der Waals surface area (Å²) in [7, 11) is 1.59. The first-order valence-corrected chi connectivity index (χ1v) is 7.75. The summed E-state index contributed by atoms with van der Waals surface area (Å²) in [6, 6.07) is 0.365. The smallest absolute Gasteiger partial charge is 0.245 e. The number of methoxy groups -OCH3 is 1. The third-order valence-corrected chi connectivity index (χ3v) is 4.05. The van der Waals surface area contributed by atoms with Gasteiger partial charge < -0.3 is 14.0 Å². The fraction of sp³-hybridized carbons (Fsp3) is 0.643. The number of hydrogen-bond acceptors (Lipinski definition) is 5. The summed E-state index contributed by atoms with van der Waals surface area (Å²) in [5.41, 5.74) is 1.53. The summed E-state index contributed by atoms with van der Waals surface area (Å²) >= 11 is 5.91. The molecule has 0 bridgehead atoms. The highest BCUT2D eigenvalue weighted by Crippen LogP contribution is 2.38. The molecule has 7 heteroatoms. The lowest BCUT2D eigenvalue weighted by Crippen LogP contribution is -2.34. The molecule has 3 rings (SSSR count). The van der Waals surface area contributed by atoms with Gasteiger partial charge in [-0.3, -0.25) is 0 Å². The minimum absolute atomic E-state index is 0.338. The van der Waals surface area contributed by atoms with Gasteiger partial charge >= 0.3 is 0 Å². The second kappa shape index (κ2) is 6.15. The normalized spacial score (nSPS) is 21.5. The summed E-state index contributed by atoms with van der Waals surface area (Å²) in [6.07, 6.45) is 4.53. The van der Waals surface area contributed by atoms with Crippen LogP contribution in [0.1, 0.15) is 31.6 Å². The maximum absolute atomic E-state index is 5.91. The van der Waals surface area contributed by atoms with Crippen molar-refractivity contribution in [2.45, 2.75) is 38.3 Å². The van der Waals surface area contributed by atoms with Crippen molar-refractivity contribution < 1.29 is 9.47 Å². The fourth-order valence-corrected chi connectivity index (χ4v) is 3.02. The molecule has 0 atom stereocenters. The van der Waals surface area contributed by atoms with E-state index in [0.29, 0.717) is 35.8 Å². The molecule has 114 valence electrons. The van der Waals surface area contributed by atoms with Crippen molar-refractivity contribution in [3.63, 3.8) is 0 Å². The van der Waals surface area contributed by atoms with Crippen LogP contribution in [0, 0.1) is 0 Å². The molecule has 2 aromatic rings. The largest absolute Gasteiger partial charge is 0.479 e. The molecule has 1 fully saturated rings. The SMILES string of the molecule is CCOC1CC(n2c(CCCl)nc3c(OC)ncnc32)C1. The Morgan fingerprint density at radius 1 is 1.38 bits per heavy atom. The van der Waals surface area contributed by atoms with Crippen molar-refractivity contribution in [3.05, 3.63) is 12.2 Å². The van der Waals surface area contributed by atoms with Gasteiger partial charge in [0, 0.05) is 24.9 Å². The first kappa shape index (κ1) is 14.5. The summed E-state index contributed by atoms with van der Waals surface area (Å²) in [6.45, 7) is 2.78. The van der Waals surface area contributed by atoms with Gasteiger partial charge in [0.1, 0.15) is 12.2 Å². The summed E-state index contributed by atoms with van der Waals surface area (Å²) < 4.78 is 13.1. The standard InChI is InChI=1S/C14H19ClN4O2/c1-3-21-10-6-9(7-10)19-11(4-5-15)18-12-13(19)16-8-17-14(12)20-2/h8-10H,3-7H2,1-2H3. The number of hydrogen-bond donors (Lipinski definition) is 0. The van der Waals surface area contributed by atoms with Crippen LogP contribution in [0.4, 0.5) is 0 Å². The van der Waals surface area contributed by atoms with Crippen molar-refractivity contribution in [3.8, 4) is 5.88 Å². The molecular weight excluding hydrogens is 292 g/mol. The number of alkyl halides is 1. The fourth-order valence-electron chi connectivity index (χ4n) is 2.85. The van der Waals surface area contributed by atoms with Crippen LogP contribution in [0.25, 0.3) is 11.2 Å². The molecule has 21 heavy (non-hydrogen) atoms. The van der Waals surface area contributed by atoms with E-state index in [1.54, 1.807) is 7.11 Å². The van der Waals surface area contributed by atoms with Gasteiger partial charge in [-0.05, 0) is 19.8 Å². The topological polar surface area (TPSA) is 62.1 Å². The van der Waals surface area contributed by atoms with E-state index < -0.39 is 0 Å². The Morgan fingerprint density at radius 3 is 2.86 bits per heavy atom. The zero-order valence-electron chi connectivity index (χ0n) is 12.3. The molecule has 1 saturated carbocycles. The number of nitrogens with zero attached hydrogens (tertiary/aromatic N) is 4. The molecule has 1 aliphatic carbocycles. The van der Waals surface area contributed by atoms with Crippen molar-refractivity contribution in [1.82, 2.24) is 19.5 Å². The lowest BCUT2D eigenvalue weighted by molar-refractivity contribution is -0.0194. The number of imidazole rings is 1. The van der Waals surface area contributed by atoms with E-state index in [4.69, 9.17) is 21.1 Å². The number of ether oxygens (including phenoxy) is 2. The highest BCUT2D eigenvalue weighted by molar-refractivity contribution is 6.17. The van der Waals surface area contributed by atoms with Gasteiger partial charge in [0.15, 0.2) is 11.2 Å². The van der Waals surface area contributed by atoms with Crippen LogP contribution in [0.5, 0.6) is 5.88 Å². The molecule has 0 saturated heterocycles. The molecule has 0 radical (unpaired) electrons. The first-order chi connectivity index (χ1) is 10.3. The van der Waals surface area contributed by atoms with Crippen LogP contribution in [-0.4, -0.2) is 45.2 Å². The van der Waals surface area contributed by atoms with E-state index in [1.165, 1.54) is 6.33 Å². The molecule has 0 unspecified atom stereocenters. The van der Waals surface area contributed by atoms with Crippen LogP contribution in [0.2, 0.25) is 0 Å². The van der Waals surface area contributed by atoms with Gasteiger partial charge in [0.05, 0.1) is 13.2 Å². The van der Waals surface area contributed by atoms with Crippen molar-refractivity contribution in [2.75, 3.05) is 19.6 Å². The second-order valence-electron chi connectivity index (χ2n) is 5.09. The third kappa shape index (κ3) is 2.58. The predicted octanol–water partition coefficient (Wildman–Crippen LogP) is 2.36. The Bertz CT molecular complexity index is 625. The highest BCUT2D eigenvalue weighted by Gasteiger charge is 2.34. The third-order valence-electron chi connectivity index (χ3n) is 3.87. The summed E-state index contributed by atoms with van der Waals surface area (Å²) in [5.74, 6) is 1.98. The molecule has 0 amide bonds. The number of halogens is 1. The number of aromatic nitrogens is 4. The first-order valence-electron chi connectivity index (χ1n) is 7.21. The van der Waals surface area contributed by atoms with Gasteiger partial charge in [-0.25, -0.2) is 9.97 Å². The lowest BCUT2D eigenvalue weighted by atomic mass is 9.88. The molecule has 0 aromatic carbocycles. The Morgan fingerprint density at radius 2 is 2.19 bits per heavy atom. The Kier molecular flexibility index (Phi) is 4.26. The molecule has 6 nitrogen and oxygen atoms in total. The van der Waals surface area contributed by atoms with Gasteiger partial charge in [-0.2, -0.15) is 4.98 Å². The maximum atomic E-state index is 5.91. The molecule has 2 aromatic heterocycles. The van der Waals surface area contributed by atoms with Gasteiger partial charge in [0.2, 0.25) is 5.88 Å². The Labute approximate surface area is 128 Å². The highest BCUT2D eigenvalue weighted by atomic mass is 35.5. The average molecular weight is 311 g/mol. The van der Waals surface area contributed by atoms with Crippen LogP contribution in [0.3, 0.4) is 0 Å². The van der Waals surface area contributed by atoms with Gasteiger partial charge in [0.25, 0.3) is 0 Å². The molecular formula is C14H19ClN4O2. The minimum atomic E-state index is 0.338. The molecule has 2 heterocycles. The van der Waals surface area contributed by atoms with E-state index >= 15 is 0 Å². The van der Waals surface area contributed by atoms with Crippen molar-refractivity contribution in [1.29, 1.82) is 0 Å². The Hall–Kier alpha value is -1.40. The zero-order valence-corrected chi connectivity index (χ0v) is 13.0. The molecule has 0 spiro atoms. The predicted molar refractivity (Wildman–Crippen MR) is 80.0 cm³/mol. The van der Waals surface area contributed by atoms with Crippen LogP contribution in [0.15, 0.2) is 6.33 Å². The Balaban J connectivity index is 1.97. The minimum Gasteiger partial charge on any atom is -0.479 e. The van der Waals surface area contributed by atoms with E-state index in [-0.39, 0.29) is 0 Å². The summed E-state index contributed by atoms with van der Waals surface area (Å²) in [4.78, 5) is 13.1. The van der Waals surface area contributed by atoms with Crippen molar-refractivity contribution in [2.24, 2.45) is 0 Å². The maximum Gasteiger partial charge on any atom is 0.245 e. The average Bonchev–Trinajstić information content (AvgIpc) is 2.80. The van der Waals surface area contributed by atoms with E-state index in [9.17, 15) is 0 Å². The van der Waals surface area contributed by atoms with Crippen LogP contribution in [-0.2, 0) is 11.2 Å². The number of aryl methyl sites for hydroxylation is 1. The van der Waals surface area contributed by atoms with Crippen LogP contribution >= 0.6 is 11.6 Å². The van der Waals surface area contributed by atoms with Crippen LogP contribution < -0.4 is 4.74 Å². The lowest BCUT2D eigenvalue weighted by Gasteiger charge is -2.36. The van der Waals surface area contributed by atoms with Crippen molar-refractivity contribution >= 4 is 22.8 Å². The van der Waals surface area contributed by atoms with E-state index in [1.807, 2.05) is 6.92 Å². The second-order valence-corrected chi connectivity index (χ2v) is 5.47. The van der Waals surface area contributed by atoms with Gasteiger partial charge in [-0.1, -0.05) is 0 Å². The quantitative estimate of drug-likeness (QED) is 0.766. The van der Waals surface area contributed by atoms with Gasteiger partial charge in [-0.15, -0.1) is 11.6 Å². The molecule has 1 aliphatic rings. The zero-order chi connectivity index (χ0) is 14.8. The monoisotopic (exact) mass is 310 g/mol.